The van der Waals surface area contributed by atoms with Crippen molar-refractivity contribution in [1.29, 1.82) is 0 Å². The molecule has 1 atom stereocenters. The van der Waals surface area contributed by atoms with E-state index in [1.807, 2.05) is 0 Å². The van der Waals surface area contributed by atoms with Gasteiger partial charge in [0.2, 0.25) is 0 Å². The third kappa shape index (κ3) is 3.56. The minimum atomic E-state index is -0.907. The van der Waals surface area contributed by atoms with E-state index in [4.69, 9.17) is 23.2 Å². The first-order valence-electron chi connectivity index (χ1n) is 6.30. The average Bonchev–Trinajstić information content (AvgIpc) is 2.76. The number of aliphatic hydroxyl groups excluding tert-OH is 1. The molecule has 0 aliphatic carbocycles. The molecule has 0 saturated carbocycles. The zero-order chi connectivity index (χ0) is 15.6. The second-order valence-corrected chi connectivity index (χ2v) is 5.50. The number of aromatic nitrogens is 2. The summed E-state index contributed by atoms with van der Waals surface area (Å²) < 4.78 is 1.61. The first kappa shape index (κ1) is 15.8. The molecule has 1 aromatic carbocycles. The van der Waals surface area contributed by atoms with Crippen molar-refractivity contribution < 1.29 is 9.90 Å². The molecule has 1 aromatic heterocycles. The SMILES string of the molecule is Cc1c(C(=O)NCC(O)c2ccc(Cl)cc2Cl)cnn1C. The third-order valence-corrected chi connectivity index (χ3v) is 3.82. The van der Waals surface area contributed by atoms with Crippen molar-refractivity contribution in [1.82, 2.24) is 15.1 Å². The van der Waals surface area contributed by atoms with Crippen molar-refractivity contribution >= 4 is 29.1 Å². The van der Waals surface area contributed by atoms with Crippen LogP contribution in [0.3, 0.4) is 0 Å². The number of carbonyl (C=O) groups is 1. The number of carbonyl (C=O) groups excluding carboxylic acids is 1. The molecular weight excluding hydrogens is 313 g/mol. The van der Waals surface area contributed by atoms with Crippen LogP contribution < -0.4 is 5.32 Å². The lowest BCUT2D eigenvalue weighted by molar-refractivity contribution is 0.0915. The first-order chi connectivity index (χ1) is 9.90. The fraction of sp³-hybridized carbons (Fsp3) is 0.286. The number of benzene rings is 1. The van der Waals surface area contributed by atoms with Gasteiger partial charge >= 0.3 is 0 Å². The summed E-state index contributed by atoms with van der Waals surface area (Å²) in [4.78, 5) is 12.0. The van der Waals surface area contributed by atoms with Crippen molar-refractivity contribution in [3.8, 4) is 0 Å². The zero-order valence-corrected chi connectivity index (χ0v) is 13.1. The predicted molar refractivity (Wildman–Crippen MR) is 81.7 cm³/mol. The summed E-state index contributed by atoms with van der Waals surface area (Å²) in [6.07, 6.45) is 0.586. The minimum Gasteiger partial charge on any atom is -0.387 e. The van der Waals surface area contributed by atoms with Crippen LogP contribution in [0.5, 0.6) is 0 Å². The molecule has 0 fully saturated rings. The summed E-state index contributed by atoms with van der Waals surface area (Å²) in [6.45, 7) is 1.85. The Bertz CT molecular complexity index is 670. The molecular formula is C14H15Cl2N3O2. The second kappa shape index (κ2) is 6.47. The van der Waals surface area contributed by atoms with E-state index in [-0.39, 0.29) is 12.5 Å². The van der Waals surface area contributed by atoms with E-state index < -0.39 is 6.10 Å². The van der Waals surface area contributed by atoms with E-state index in [0.29, 0.717) is 21.2 Å². The molecule has 0 radical (unpaired) electrons. The van der Waals surface area contributed by atoms with Crippen LogP contribution in [0.2, 0.25) is 10.0 Å². The van der Waals surface area contributed by atoms with E-state index in [9.17, 15) is 9.90 Å². The maximum absolute atomic E-state index is 12.0. The number of aryl methyl sites for hydroxylation is 1. The number of halogens is 2. The Morgan fingerprint density at radius 3 is 2.76 bits per heavy atom. The van der Waals surface area contributed by atoms with Gasteiger partial charge in [-0.05, 0) is 19.1 Å². The van der Waals surface area contributed by atoms with Crippen molar-refractivity contribution in [3.63, 3.8) is 0 Å². The number of hydrogen-bond donors (Lipinski definition) is 2. The number of nitrogens with one attached hydrogen (secondary N) is 1. The summed E-state index contributed by atoms with van der Waals surface area (Å²) in [6, 6.07) is 4.82. The largest absolute Gasteiger partial charge is 0.387 e. The number of hydrogen-bond acceptors (Lipinski definition) is 3. The molecule has 112 valence electrons. The van der Waals surface area contributed by atoms with Gasteiger partial charge in [0.1, 0.15) is 0 Å². The minimum absolute atomic E-state index is 0.0501. The molecule has 1 unspecified atom stereocenters. The van der Waals surface area contributed by atoms with E-state index in [2.05, 4.69) is 10.4 Å². The lowest BCUT2D eigenvalue weighted by Gasteiger charge is -2.14. The van der Waals surface area contributed by atoms with Crippen LogP contribution in [0.25, 0.3) is 0 Å². The molecule has 21 heavy (non-hydrogen) atoms. The molecule has 5 nitrogen and oxygen atoms in total. The molecule has 2 N–H and O–H groups in total. The highest BCUT2D eigenvalue weighted by molar-refractivity contribution is 6.35. The Morgan fingerprint density at radius 2 is 2.19 bits per heavy atom. The van der Waals surface area contributed by atoms with Crippen LogP contribution >= 0.6 is 23.2 Å². The van der Waals surface area contributed by atoms with Gasteiger partial charge in [-0.25, -0.2) is 0 Å². The van der Waals surface area contributed by atoms with Gasteiger partial charge in [-0.1, -0.05) is 29.3 Å². The third-order valence-electron chi connectivity index (χ3n) is 3.26. The van der Waals surface area contributed by atoms with Gasteiger partial charge in [0.25, 0.3) is 5.91 Å². The van der Waals surface area contributed by atoms with Gasteiger partial charge in [-0.15, -0.1) is 0 Å². The number of amides is 1. The van der Waals surface area contributed by atoms with Gasteiger partial charge in [-0.2, -0.15) is 5.10 Å². The Morgan fingerprint density at radius 1 is 1.48 bits per heavy atom. The molecule has 0 spiro atoms. The number of nitrogens with zero attached hydrogens (tertiary/aromatic N) is 2. The van der Waals surface area contributed by atoms with E-state index >= 15 is 0 Å². The highest BCUT2D eigenvalue weighted by Crippen LogP contribution is 2.25. The first-order valence-corrected chi connectivity index (χ1v) is 7.05. The normalized spacial score (nSPS) is 12.2. The van der Waals surface area contributed by atoms with Crippen LogP contribution in [0.15, 0.2) is 24.4 Å². The Labute approximate surface area is 132 Å². The van der Waals surface area contributed by atoms with Crippen LogP contribution in [0.4, 0.5) is 0 Å². The van der Waals surface area contributed by atoms with Crippen LogP contribution in [-0.2, 0) is 7.05 Å². The standard InChI is InChI=1S/C14H15Cl2N3O2/c1-8-11(6-18-19(8)2)14(21)17-7-13(20)10-4-3-9(15)5-12(10)16/h3-6,13,20H,7H2,1-2H3,(H,17,21). The average molecular weight is 328 g/mol. The highest BCUT2D eigenvalue weighted by Gasteiger charge is 2.16. The Kier molecular flexibility index (Phi) is 4.88. The fourth-order valence-electron chi connectivity index (χ4n) is 1.89. The maximum Gasteiger partial charge on any atom is 0.254 e. The molecule has 2 rings (SSSR count). The molecule has 2 aromatic rings. The molecule has 0 aliphatic rings. The maximum atomic E-state index is 12.0. The van der Waals surface area contributed by atoms with Gasteiger partial charge in [0.15, 0.2) is 0 Å². The molecule has 0 bridgehead atoms. The number of rotatable bonds is 4. The molecule has 0 saturated heterocycles. The smallest absolute Gasteiger partial charge is 0.254 e. The lowest BCUT2D eigenvalue weighted by atomic mass is 10.1. The highest BCUT2D eigenvalue weighted by atomic mass is 35.5. The number of aliphatic hydroxyl groups is 1. The topological polar surface area (TPSA) is 67.2 Å². The van der Waals surface area contributed by atoms with Gasteiger partial charge < -0.3 is 10.4 Å². The molecule has 1 amide bonds. The summed E-state index contributed by atoms with van der Waals surface area (Å²) in [5, 5.41) is 17.6. The summed E-state index contributed by atoms with van der Waals surface area (Å²) in [7, 11) is 1.76. The Hall–Kier alpha value is -1.56. The van der Waals surface area contributed by atoms with Crippen LogP contribution in [0, 0.1) is 6.92 Å². The van der Waals surface area contributed by atoms with Gasteiger partial charge in [-0.3, -0.25) is 9.48 Å². The van der Waals surface area contributed by atoms with Crippen LogP contribution in [-0.4, -0.2) is 27.3 Å². The molecule has 7 heteroatoms. The van der Waals surface area contributed by atoms with E-state index in [1.165, 1.54) is 6.20 Å². The summed E-state index contributed by atoms with van der Waals surface area (Å²) >= 11 is 11.8. The molecule has 0 aliphatic heterocycles. The lowest BCUT2D eigenvalue weighted by Crippen LogP contribution is -2.28. The van der Waals surface area contributed by atoms with E-state index in [1.54, 1.807) is 36.9 Å². The fourth-order valence-corrected chi connectivity index (χ4v) is 2.42. The zero-order valence-electron chi connectivity index (χ0n) is 11.6. The quantitative estimate of drug-likeness (QED) is 0.906. The summed E-state index contributed by atoms with van der Waals surface area (Å²) in [5.41, 5.74) is 1.75. The van der Waals surface area contributed by atoms with Crippen molar-refractivity contribution in [3.05, 3.63) is 51.3 Å². The van der Waals surface area contributed by atoms with E-state index in [0.717, 1.165) is 5.69 Å². The summed E-state index contributed by atoms with van der Waals surface area (Å²) in [5.74, 6) is -0.287. The van der Waals surface area contributed by atoms with Crippen molar-refractivity contribution in [2.24, 2.45) is 7.05 Å². The predicted octanol–water partition coefficient (Wildman–Crippen LogP) is 2.50. The van der Waals surface area contributed by atoms with Gasteiger partial charge in [0, 0.05) is 34.9 Å². The van der Waals surface area contributed by atoms with Crippen LogP contribution in [0.1, 0.15) is 27.7 Å². The van der Waals surface area contributed by atoms with Crippen molar-refractivity contribution in [2.45, 2.75) is 13.0 Å². The second-order valence-electron chi connectivity index (χ2n) is 4.66. The Balaban J connectivity index is 2.02. The van der Waals surface area contributed by atoms with Crippen molar-refractivity contribution in [2.75, 3.05) is 6.54 Å². The monoisotopic (exact) mass is 327 g/mol. The van der Waals surface area contributed by atoms with Gasteiger partial charge in [0.05, 0.1) is 17.9 Å². The molecule has 1 heterocycles.